The topological polar surface area (TPSA) is 46.2 Å². The Morgan fingerprint density at radius 2 is 1.75 bits per heavy atom. The van der Waals surface area contributed by atoms with Crippen molar-refractivity contribution in [1.29, 1.82) is 0 Å². The van der Waals surface area contributed by atoms with Crippen LogP contribution < -0.4 is 4.72 Å². The molecule has 0 fully saturated rings. The lowest BCUT2D eigenvalue weighted by Crippen LogP contribution is -2.33. The van der Waals surface area contributed by atoms with Crippen LogP contribution in [0.4, 0.5) is 5.69 Å². The molecular weight excluding hydrogens is 269 g/mol. The minimum Gasteiger partial charge on any atom is -0.282 e. The van der Waals surface area contributed by atoms with E-state index in [0.717, 1.165) is 0 Å². The summed E-state index contributed by atoms with van der Waals surface area (Å²) in [5.74, 6) is 0. The summed E-state index contributed by atoms with van der Waals surface area (Å²) >= 11 is 11.6. The lowest BCUT2D eigenvalue weighted by atomic mass is 10.3. The van der Waals surface area contributed by atoms with E-state index in [1.807, 2.05) is 0 Å². The monoisotopic (exact) mass is 281 g/mol. The fourth-order valence-corrected chi connectivity index (χ4v) is 2.16. The van der Waals surface area contributed by atoms with Crippen LogP contribution in [0, 0.1) is 0 Å². The summed E-state index contributed by atoms with van der Waals surface area (Å²) in [7, 11) is -3.46. The van der Waals surface area contributed by atoms with E-state index in [9.17, 15) is 8.42 Å². The molecule has 0 saturated heterocycles. The number of halogens is 2. The second-order valence-corrected chi connectivity index (χ2v) is 7.62. The number of sulfonamides is 1. The number of hydrogen-bond acceptors (Lipinski definition) is 2. The van der Waals surface area contributed by atoms with Gasteiger partial charge in [0.25, 0.3) is 0 Å². The Kier molecular flexibility index (Phi) is 3.77. The second-order valence-electron chi connectivity index (χ2n) is 4.34. The average molecular weight is 282 g/mol. The van der Waals surface area contributed by atoms with Crippen LogP contribution in [0.5, 0.6) is 0 Å². The maximum absolute atomic E-state index is 11.9. The Labute approximate surface area is 106 Å². The standard InChI is InChI=1S/C10H13Cl2NO2S/c1-10(2,3)16(14,15)13-9-5-4-7(11)6-8(9)12/h4-6,13H,1-3H3. The van der Waals surface area contributed by atoms with Gasteiger partial charge in [0.15, 0.2) is 0 Å². The molecule has 0 aromatic heterocycles. The SMILES string of the molecule is CC(C)(C)S(=O)(=O)Nc1ccc(Cl)cc1Cl. The minimum absolute atomic E-state index is 0.278. The number of anilines is 1. The van der Waals surface area contributed by atoms with Gasteiger partial charge in [-0.2, -0.15) is 0 Å². The van der Waals surface area contributed by atoms with Crippen molar-refractivity contribution < 1.29 is 8.42 Å². The quantitative estimate of drug-likeness (QED) is 0.901. The predicted molar refractivity (Wildman–Crippen MR) is 68.8 cm³/mol. The van der Waals surface area contributed by atoms with Crippen molar-refractivity contribution >= 4 is 38.9 Å². The van der Waals surface area contributed by atoms with Gasteiger partial charge in [0, 0.05) is 5.02 Å². The van der Waals surface area contributed by atoms with Crippen LogP contribution in [0.25, 0.3) is 0 Å². The molecule has 0 atom stereocenters. The van der Waals surface area contributed by atoms with E-state index >= 15 is 0 Å². The van der Waals surface area contributed by atoms with E-state index in [1.165, 1.54) is 12.1 Å². The molecule has 0 saturated carbocycles. The molecule has 0 aliphatic heterocycles. The van der Waals surface area contributed by atoms with Crippen LogP contribution in [0.2, 0.25) is 10.0 Å². The average Bonchev–Trinajstić information content (AvgIpc) is 2.08. The summed E-state index contributed by atoms with van der Waals surface area (Å²) < 4.78 is 25.3. The van der Waals surface area contributed by atoms with Gasteiger partial charge in [0.1, 0.15) is 0 Å². The Bertz CT molecular complexity index is 492. The number of hydrogen-bond donors (Lipinski definition) is 1. The van der Waals surface area contributed by atoms with Crippen molar-refractivity contribution in [3.8, 4) is 0 Å². The van der Waals surface area contributed by atoms with E-state index in [4.69, 9.17) is 23.2 Å². The molecule has 0 aliphatic rings. The molecule has 90 valence electrons. The van der Waals surface area contributed by atoms with E-state index in [0.29, 0.717) is 10.7 Å². The lowest BCUT2D eigenvalue weighted by molar-refractivity contribution is 0.566. The normalized spacial score (nSPS) is 12.6. The van der Waals surface area contributed by atoms with E-state index in [1.54, 1.807) is 26.8 Å². The van der Waals surface area contributed by atoms with Crippen LogP contribution in [0.3, 0.4) is 0 Å². The van der Waals surface area contributed by atoms with Crippen LogP contribution in [0.1, 0.15) is 20.8 Å². The predicted octanol–water partition coefficient (Wildman–Crippen LogP) is 3.53. The highest BCUT2D eigenvalue weighted by molar-refractivity contribution is 7.94. The summed E-state index contributed by atoms with van der Waals surface area (Å²) in [6, 6.07) is 4.60. The summed E-state index contributed by atoms with van der Waals surface area (Å²) in [5.41, 5.74) is 0.334. The van der Waals surface area contributed by atoms with Crippen molar-refractivity contribution in [3.05, 3.63) is 28.2 Å². The third-order valence-electron chi connectivity index (χ3n) is 1.98. The Morgan fingerprint density at radius 1 is 1.19 bits per heavy atom. The first kappa shape index (κ1) is 13.6. The van der Waals surface area contributed by atoms with E-state index < -0.39 is 14.8 Å². The van der Waals surface area contributed by atoms with Gasteiger partial charge in [0.05, 0.1) is 15.5 Å². The summed E-state index contributed by atoms with van der Waals surface area (Å²) in [5, 5.41) is 0.740. The number of nitrogens with one attached hydrogen (secondary N) is 1. The molecule has 1 N–H and O–H groups in total. The molecule has 1 aromatic rings. The first-order chi connectivity index (χ1) is 7.13. The highest BCUT2D eigenvalue weighted by atomic mass is 35.5. The fraction of sp³-hybridized carbons (Fsp3) is 0.400. The molecule has 0 amide bonds. The summed E-state index contributed by atoms with van der Waals surface area (Å²) in [4.78, 5) is 0. The highest BCUT2D eigenvalue weighted by Crippen LogP contribution is 2.28. The van der Waals surface area contributed by atoms with Gasteiger partial charge in [0.2, 0.25) is 10.0 Å². The van der Waals surface area contributed by atoms with Gasteiger partial charge < -0.3 is 0 Å². The van der Waals surface area contributed by atoms with E-state index in [-0.39, 0.29) is 5.02 Å². The Morgan fingerprint density at radius 3 is 2.19 bits per heavy atom. The maximum Gasteiger partial charge on any atom is 0.237 e. The van der Waals surface area contributed by atoms with Crippen molar-refractivity contribution in [3.63, 3.8) is 0 Å². The zero-order chi connectivity index (χ0) is 12.6. The Balaban J connectivity index is 3.07. The lowest BCUT2D eigenvalue weighted by Gasteiger charge is -2.20. The van der Waals surface area contributed by atoms with Crippen LogP contribution >= 0.6 is 23.2 Å². The van der Waals surface area contributed by atoms with Gasteiger partial charge >= 0.3 is 0 Å². The van der Waals surface area contributed by atoms with Crippen molar-refractivity contribution in [1.82, 2.24) is 0 Å². The first-order valence-electron chi connectivity index (χ1n) is 4.61. The molecule has 1 rings (SSSR count). The fourth-order valence-electron chi connectivity index (χ4n) is 0.870. The van der Waals surface area contributed by atoms with Gasteiger partial charge in [-0.05, 0) is 39.0 Å². The van der Waals surface area contributed by atoms with Crippen LogP contribution in [-0.4, -0.2) is 13.2 Å². The molecule has 1 aromatic carbocycles. The van der Waals surface area contributed by atoms with Gasteiger partial charge in [-0.25, -0.2) is 8.42 Å². The molecule has 6 heteroatoms. The summed E-state index contributed by atoms with van der Waals surface area (Å²) in [6.07, 6.45) is 0. The molecule has 0 spiro atoms. The third-order valence-corrected chi connectivity index (χ3v) is 4.63. The molecule has 0 bridgehead atoms. The van der Waals surface area contributed by atoms with Crippen molar-refractivity contribution in [2.24, 2.45) is 0 Å². The Hall–Kier alpha value is -0.450. The van der Waals surface area contributed by atoms with Crippen LogP contribution in [0.15, 0.2) is 18.2 Å². The number of rotatable bonds is 2. The molecular formula is C10H13Cl2NO2S. The zero-order valence-electron chi connectivity index (χ0n) is 9.21. The maximum atomic E-state index is 11.9. The third kappa shape index (κ3) is 3.03. The van der Waals surface area contributed by atoms with Crippen molar-refractivity contribution in [2.45, 2.75) is 25.5 Å². The highest BCUT2D eigenvalue weighted by Gasteiger charge is 2.29. The molecule has 0 aliphatic carbocycles. The molecule has 16 heavy (non-hydrogen) atoms. The summed E-state index contributed by atoms with van der Waals surface area (Å²) in [6.45, 7) is 4.83. The van der Waals surface area contributed by atoms with Gasteiger partial charge in [-0.15, -0.1) is 0 Å². The van der Waals surface area contributed by atoms with E-state index in [2.05, 4.69) is 4.72 Å². The smallest absolute Gasteiger partial charge is 0.237 e. The molecule has 0 heterocycles. The first-order valence-corrected chi connectivity index (χ1v) is 6.85. The largest absolute Gasteiger partial charge is 0.282 e. The van der Waals surface area contributed by atoms with Gasteiger partial charge in [-0.1, -0.05) is 23.2 Å². The van der Waals surface area contributed by atoms with Crippen molar-refractivity contribution in [2.75, 3.05) is 4.72 Å². The van der Waals surface area contributed by atoms with Crippen LogP contribution in [-0.2, 0) is 10.0 Å². The minimum atomic E-state index is -3.46. The molecule has 0 unspecified atom stereocenters. The zero-order valence-corrected chi connectivity index (χ0v) is 11.5. The molecule has 0 radical (unpaired) electrons. The van der Waals surface area contributed by atoms with Gasteiger partial charge in [-0.3, -0.25) is 4.72 Å². The molecule has 3 nitrogen and oxygen atoms in total. The number of benzene rings is 1. The second kappa shape index (κ2) is 4.43.